The molecule has 3 aliphatic rings. The van der Waals surface area contributed by atoms with Crippen LogP contribution in [-0.2, 0) is 25.5 Å². The average molecular weight is 461 g/mol. The van der Waals surface area contributed by atoms with Gasteiger partial charge in [-0.2, -0.15) is 0 Å². The van der Waals surface area contributed by atoms with Gasteiger partial charge in [-0.05, 0) is 70.6 Å². The smallest absolute Gasteiger partial charge is 0.421 e. The van der Waals surface area contributed by atoms with Crippen molar-refractivity contribution in [3.8, 4) is 0 Å². The Bertz CT molecular complexity index is 904. The van der Waals surface area contributed by atoms with Crippen molar-refractivity contribution in [3.05, 3.63) is 17.0 Å². The van der Waals surface area contributed by atoms with Crippen LogP contribution in [0, 0.1) is 17.8 Å². The van der Waals surface area contributed by atoms with E-state index >= 15 is 0 Å². The Morgan fingerprint density at radius 1 is 1.18 bits per heavy atom. The minimum Gasteiger partial charge on any atom is -0.460 e. The second-order valence-electron chi connectivity index (χ2n) is 11.3. The molecule has 2 heterocycles. The third-order valence-electron chi connectivity index (χ3n) is 6.65. The largest absolute Gasteiger partial charge is 0.460 e. The van der Waals surface area contributed by atoms with E-state index in [0.29, 0.717) is 17.8 Å². The molecule has 1 atom stereocenters. The van der Waals surface area contributed by atoms with Gasteiger partial charge in [-0.3, -0.25) is 9.59 Å². The Morgan fingerprint density at radius 2 is 1.88 bits per heavy atom. The van der Waals surface area contributed by atoms with Crippen LogP contribution in [0.2, 0.25) is 0 Å². The second kappa shape index (κ2) is 9.11. The van der Waals surface area contributed by atoms with Crippen LogP contribution in [0.3, 0.4) is 0 Å². The highest BCUT2D eigenvalue weighted by Gasteiger charge is 2.43. The van der Waals surface area contributed by atoms with Crippen molar-refractivity contribution in [2.24, 2.45) is 17.8 Å². The predicted molar refractivity (Wildman–Crippen MR) is 119 cm³/mol. The van der Waals surface area contributed by atoms with Gasteiger partial charge in [0.1, 0.15) is 11.4 Å². The summed E-state index contributed by atoms with van der Waals surface area (Å²) in [5.41, 5.74) is 1.23. The van der Waals surface area contributed by atoms with Crippen molar-refractivity contribution in [1.82, 2.24) is 10.1 Å². The lowest BCUT2D eigenvalue weighted by Gasteiger charge is -2.35. The number of esters is 1. The lowest BCUT2D eigenvalue weighted by molar-refractivity contribution is -0.160. The van der Waals surface area contributed by atoms with E-state index in [2.05, 4.69) is 19.0 Å². The number of hydrogen-bond donors (Lipinski definition) is 0. The van der Waals surface area contributed by atoms with E-state index < -0.39 is 29.5 Å². The zero-order valence-electron chi connectivity index (χ0n) is 20.4. The first kappa shape index (κ1) is 23.8. The van der Waals surface area contributed by atoms with Crippen molar-refractivity contribution in [2.75, 3.05) is 6.73 Å². The van der Waals surface area contributed by atoms with Crippen molar-refractivity contribution in [2.45, 2.75) is 97.0 Å². The van der Waals surface area contributed by atoms with Gasteiger partial charge in [-0.25, -0.2) is 9.69 Å². The molecule has 0 unspecified atom stereocenters. The summed E-state index contributed by atoms with van der Waals surface area (Å²) in [5, 5.41) is 4.38. The molecule has 0 radical (unpaired) electrons. The summed E-state index contributed by atoms with van der Waals surface area (Å²) in [7, 11) is 0. The lowest BCUT2D eigenvalue weighted by Crippen LogP contribution is -2.52. The first-order valence-electron chi connectivity index (χ1n) is 12.2. The van der Waals surface area contributed by atoms with Gasteiger partial charge in [0, 0.05) is 17.9 Å². The zero-order chi connectivity index (χ0) is 23.9. The molecule has 8 nitrogen and oxygen atoms in total. The first-order chi connectivity index (χ1) is 15.5. The van der Waals surface area contributed by atoms with Gasteiger partial charge >= 0.3 is 12.1 Å². The molecule has 182 valence electrons. The summed E-state index contributed by atoms with van der Waals surface area (Å²) in [6.07, 6.45) is 5.10. The first-order valence-corrected chi connectivity index (χ1v) is 12.2. The highest BCUT2D eigenvalue weighted by molar-refractivity contribution is 5.97. The Labute approximate surface area is 195 Å². The molecule has 8 heteroatoms. The highest BCUT2D eigenvalue weighted by atomic mass is 16.6. The molecule has 0 aromatic carbocycles. The van der Waals surface area contributed by atoms with Gasteiger partial charge in [-0.15, -0.1) is 0 Å². The van der Waals surface area contributed by atoms with Gasteiger partial charge in [0.15, 0.2) is 6.73 Å². The van der Waals surface area contributed by atoms with E-state index in [9.17, 15) is 14.4 Å². The van der Waals surface area contributed by atoms with Crippen LogP contribution in [-0.4, -0.2) is 40.4 Å². The molecule has 3 fully saturated rings. The molecule has 1 aromatic rings. The minimum absolute atomic E-state index is 0.0820. The van der Waals surface area contributed by atoms with E-state index in [0.717, 1.165) is 53.5 Å². The number of carbonyl (C=O) groups is 3. The van der Waals surface area contributed by atoms with E-state index in [1.807, 2.05) is 0 Å². The number of ether oxygens (including phenoxy) is 2. The SMILES string of the molecule is CC(C)CC1CC(c2onc(C[C@H](CC(=O)OC(C)(C)C)C(=O)N3COC3=O)c2C2CC2)C1. The highest BCUT2D eigenvalue weighted by Crippen LogP contribution is 2.51. The molecular weight excluding hydrogens is 424 g/mol. The summed E-state index contributed by atoms with van der Waals surface area (Å²) in [6, 6.07) is 0. The van der Waals surface area contributed by atoms with Crippen LogP contribution in [0.1, 0.15) is 102 Å². The summed E-state index contributed by atoms with van der Waals surface area (Å²) >= 11 is 0. The number of nitrogens with zero attached hydrogens (tertiary/aromatic N) is 2. The summed E-state index contributed by atoms with van der Waals surface area (Å²) in [4.78, 5) is 38.3. The number of hydrogen-bond acceptors (Lipinski definition) is 7. The molecule has 2 amide bonds. The molecule has 0 spiro atoms. The molecule has 0 bridgehead atoms. The van der Waals surface area contributed by atoms with Crippen LogP contribution in [0.15, 0.2) is 4.52 Å². The average Bonchev–Trinajstić information content (AvgIpc) is 3.41. The van der Waals surface area contributed by atoms with E-state index in [4.69, 9.17) is 14.0 Å². The Hall–Kier alpha value is -2.38. The van der Waals surface area contributed by atoms with Crippen LogP contribution in [0.5, 0.6) is 0 Å². The molecule has 0 N–H and O–H groups in total. The second-order valence-corrected chi connectivity index (χ2v) is 11.3. The molecule has 4 rings (SSSR count). The van der Waals surface area contributed by atoms with Crippen LogP contribution in [0.4, 0.5) is 4.79 Å². The van der Waals surface area contributed by atoms with Gasteiger partial charge in [0.2, 0.25) is 5.91 Å². The fraction of sp³-hybridized carbons (Fsp3) is 0.760. The Kier molecular flexibility index (Phi) is 6.56. The van der Waals surface area contributed by atoms with Crippen molar-refractivity contribution in [3.63, 3.8) is 0 Å². The number of cyclic esters (lactones) is 1. The number of rotatable bonds is 9. The minimum atomic E-state index is -0.752. The number of aromatic nitrogens is 1. The van der Waals surface area contributed by atoms with E-state index in [1.165, 1.54) is 6.42 Å². The third kappa shape index (κ3) is 5.58. The van der Waals surface area contributed by atoms with Gasteiger partial charge in [0.05, 0.1) is 18.0 Å². The van der Waals surface area contributed by atoms with Crippen LogP contribution < -0.4 is 0 Å². The van der Waals surface area contributed by atoms with Crippen LogP contribution >= 0.6 is 0 Å². The maximum atomic E-state index is 13.1. The summed E-state index contributed by atoms with van der Waals surface area (Å²) < 4.78 is 16.0. The maximum absolute atomic E-state index is 13.1. The van der Waals surface area contributed by atoms with Gasteiger partial charge in [0.25, 0.3) is 0 Å². The molecule has 2 aliphatic carbocycles. The van der Waals surface area contributed by atoms with Crippen LogP contribution in [0.25, 0.3) is 0 Å². The summed E-state index contributed by atoms with van der Waals surface area (Å²) in [5.74, 6) is 1.54. The van der Waals surface area contributed by atoms with Crippen molar-refractivity contribution in [1.29, 1.82) is 0 Å². The topological polar surface area (TPSA) is 98.9 Å². The monoisotopic (exact) mass is 460 g/mol. The van der Waals surface area contributed by atoms with Gasteiger partial charge < -0.3 is 14.0 Å². The molecule has 1 aliphatic heterocycles. The van der Waals surface area contributed by atoms with Gasteiger partial charge in [-0.1, -0.05) is 19.0 Å². The number of imide groups is 1. The molecule has 1 saturated heterocycles. The summed E-state index contributed by atoms with van der Waals surface area (Å²) in [6.45, 7) is 9.79. The zero-order valence-corrected chi connectivity index (χ0v) is 20.4. The quantitative estimate of drug-likeness (QED) is 0.482. The molecule has 2 saturated carbocycles. The standard InChI is InChI=1S/C25H36N2O6/c1-14(2)8-15-9-17(10-15)22-21(16-6-7-16)19(26-33-22)11-18(12-20(28)32-25(3,4)5)23(29)27-13-31-24(27)30/h14-18H,6-13H2,1-5H3/t15?,17?,18-/m1/s1. The fourth-order valence-electron chi connectivity index (χ4n) is 5.02. The Morgan fingerprint density at radius 3 is 2.39 bits per heavy atom. The lowest BCUT2D eigenvalue weighted by atomic mass is 9.69. The number of amides is 2. The normalized spacial score (nSPS) is 23.6. The predicted octanol–water partition coefficient (Wildman–Crippen LogP) is 4.92. The Balaban J connectivity index is 1.51. The fourth-order valence-corrected chi connectivity index (χ4v) is 5.02. The van der Waals surface area contributed by atoms with E-state index in [-0.39, 0.29) is 19.6 Å². The molecule has 1 aromatic heterocycles. The molecule has 33 heavy (non-hydrogen) atoms. The number of carbonyl (C=O) groups excluding carboxylic acids is 3. The maximum Gasteiger partial charge on any atom is 0.421 e. The van der Waals surface area contributed by atoms with Crippen molar-refractivity contribution >= 4 is 18.0 Å². The molecular formula is C25H36N2O6. The van der Waals surface area contributed by atoms with Crippen molar-refractivity contribution < 1.29 is 28.4 Å². The third-order valence-corrected chi connectivity index (χ3v) is 6.65. The van der Waals surface area contributed by atoms with E-state index in [1.54, 1.807) is 20.8 Å².